The number of carboxylic acids is 3. The summed E-state index contributed by atoms with van der Waals surface area (Å²) < 4.78 is 0. The molecule has 39 heavy (non-hydrogen) atoms. The number of hydrogen-bond donors (Lipinski definition) is 6. The number of carbonyl (C=O) groups is 3. The van der Waals surface area contributed by atoms with Crippen LogP contribution in [0, 0.1) is 0 Å². The van der Waals surface area contributed by atoms with Gasteiger partial charge in [-0.15, -0.1) is 0 Å². The van der Waals surface area contributed by atoms with E-state index < -0.39 is 36.4 Å². The Morgan fingerprint density at radius 3 is 2.41 bits per heavy atom. The molecular formula is C27H35N5O7. The molecule has 1 aliphatic rings. The van der Waals surface area contributed by atoms with Crippen molar-refractivity contribution in [2.45, 2.75) is 63.1 Å². The van der Waals surface area contributed by atoms with Gasteiger partial charge in [0.25, 0.3) is 0 Å². The first-order chi connectivity index (χ1) is 18.6. The quantitative estimate of drug-likeness (QED) is 0.184. The number of H-pyrrole nitrogens is 1. The van der Waals surface area contributed by atoms with E-state index >= 15 is 0 Å². The lowest BCUT2D eigenvalue weighted by Gasteiger charge is -2.34. The van der Waals surface area contributed by atoms with E-state index in [-0.39, 0.29) is 0 Å². The molecule has 1 atom stereocenters. The maximum absolute atomic E-state index is 10.3. The van der Waals surface area contributed by atoms with Gasteiger partial charge in [0.2, 0.25) is 0 Å². The van der Waals surface area contributed by atoms with Crippen LogP contribution in [-0.2, 0) is 27.3 Å². The molecule has 0 fully saturated rings. The summed E-state index contributed by atoms with van der Waals surface area (Å²) in [6.07, 6.45) is 5.32. The molecule has 0 radical (unpaired) electrons. The predicted octanol–water partition coefficient (Wildman–Crippen LogP) is 2.33. The molecule has 0 aliphatic heterocycles. The van der Waals surface area contributed by atoms with E-state index in [2.05, 4.69) is 34.1 Å². The van der Waals surface area contributed by atoms with Crippen LogP contribution in [0.15, 0.2) is 42.6 Å². The first kappa shape index (κ1) is 29.7. The van der Waals surface area contributed by atoms with Crippen molar-refractivity contribution < 1.29 is 34.8 Å². The van der Waals surface area contributed by atoms with E-state index in [4.69, 9.17) is 36.1 Å². The van der Waals surface area contributed by atoms with Crippen LogP contribution in [0.1, 0.15) is 61.6 Å². The smallest absolute Gasteiger partial charge is 0.336 e. The number of unbranched alkanes of at least 4 members (excludes halogenated alkanes) is 1. The number of aromatic nitrogens is 3. The van der Waals surface area contributed by atoms with Crippen molar-refractivity contribution >= 4 is 28.9 Å². The number of hydrogen-bond acceptors (Lipinski definition) is 8. The largest absolute Gasteiger partial charge is 0.481 e. The third kappa shape index (κ3) is 8.31. The van der Waals surface area contributed by atoms with E-state index in [1.165, 1.54) is 17.7 Å². The van der Waals surface area contributed by atoms with Crippen LogP contribution in [0.2, 0.25) is 0 Å². The molecule has 0 amide bonds. The summed E-state index contributed by atoms with van der Waals surface area (Å²) >= 11 is 0. The molecule has 12 nitrogen and oxygen atoms in total. The van der Waals surface area contributed by atoms with Crippen LogP contribution in [0.4, 0.5) is 0 Å². The number of nitrogens with two attached hydrogens (primary N) is 1. The van der Waals surface area contributed by atoms with Crippen LogP contribution in [0.5, 0.6) is 0 Å². The molecule has 2 aromatic heterocycles. The fraction of sp³-hybridized carbons (Fsp3) is 0.444. The average Bonchev–Trinajstić information content (AvgIpc) is 3.30. The predicted molar refractivity (Wildman–Crippen MR) is 142 cm³/mol. The van der Waals surface area contributed by atoms with Crippen LogP contribution in [0.25, 0.3) is 11.0 Å². The summed E-state index contributed by atoms with van der Waals surface area (Å²) in [7, 11) is 0. The summed E-state index contributed by atoms with van der Waals surface area (Å²) in [4.78, 5) is 46.0. The Labute approximate surface area is 225 Å². The number of rotatable bonds is 12. The number of fused-ring (bicyclic) bond motifs is 2. The number of carboxylic acid groups (broad SMARTS) is 3. The van der Waals surface area contributed by atoms with Crippen molar-refractivity contribution in [3.05, 3.63) is 59.7 Å². The number of nitrogens with one attached hydrogen (secondary N) is 1. The van der Waals surface area contributed by atoms with Gasteiger partial charge >= 0.3 is 17.9 Å². The second kappa shape index (κ2) is 13.8. The Morgan fingerprint density at radius 2 is 1.77 bits per heavy atom. The minimum atomic E-state index is -2.74. The first-order valence-electron chi connectivity index (χ1n) is 12.8. The van der Waals surface area contributed by atoms with E-state index in [0.717, 1.165) is 62.2 Å². The number of para-hydroxylation sites is 2. The second-order valence-corrected chi connectivity index (χ2v) is 9.60. The highest BCUT2D eigenvalue weighted by Gasteiger charge is 2.40. The fourth-order valence-corrected chi connectivity index (χ4v) is 4.73. The number of aliphatic hydroxyl groups is 1. The SMILES string of the molecule is NCCCCN(Cc1nc2ccccc2[nH]1)C1CCCc2cccnc21.O=C(O)CC(O)(CC(=O)O)C(=O)O. The van der Waals surface area contributed by atoms with Crippen LogP contribution in [0.3, 0.4) is 0 Å². The summed E-state index contributed by atoms with van der Waals surface area (Å²) in [5, 5.41) is 33.8. The van der Waals surface area contributed by atoms with E-state index in [1.54, 1.807) is 0 Å². The van der Waals surface area contributed by atoms with Gasteiger partial charge < -0.3 is 31.1 Å². The van der Waals surface area contributed by atoms with Gasteiger partial charge in [-0.05, 0) is 69.0 Å². The normalized spacial score (nSPS) is 14.9. The highest BCUT2D eigenvalue weighted by Crippen LogP contribution is 2.33. The van der Waals surface area contributed by atoms with E-state index in [1.807, 2.05) is 18.3 Å². The molecule has 210 valence electrons. The molecule has 0 saturated carbocycles. The summed E-state index contributed by atoms with van der Waals surface area (Å²) in [6.45, 7) is 2.59. The molecule has 0 bridgehead atoms. The van der Waals surface area contributed by atoms with Crippen molar-refractivity contribution in [1.29, 1.82) is 0 Å². The molecule has 0 saturated heterocycles. The van der Waals surface area contributed by atoms with Crippen molar-refractivity contribution in [2.24, 2.45) is 5.73 Å². The van der Waals surface area contributed by atoms with Gasteiger partial charge in [0, 0.05) is 6.20 Å². The molecule has 4 rings (SSSR count). The number of benzene rings is 1. The number of nitrogens with zero attached hydrogens (tertiary/aromatic N) is 3. The molecule has 0 spiro atoms. The molecule has 1 unspecified atom stereocenters. The van der Waals surface area contributed by atoms with Crippen molar-refractivity contribution in [1.82, 2.24) is 19.9 Å². The maximum Gasteiger partial charge on any atom is 0.336 e. The maximum atomic E-state index is 10.3. The molecule has 3 aromatic rings. The Balaban J connectivity index is 0.000000276. The van der Waals surface area contributed by atoms with Crippen molar-refractivity contribution in [2.75, 3.05) is 13.1 Å². The van der Waals surface area contributed by atoms with Crippen LogP contribution in [-0.4, -0.2) is 76.9 Å². The lowest BCUT2D eigenvalue weighted by molar-refractivity contribution is -0.170. The van der Waals surface area contributed by atoms with Crippen LogP contribution >= 0.6 is 0 Å². The second-order valence-electron chi connectivity index (χ2n) is 9.60. The number of aliphatic carboxylic acids is 3. The third-order valence-corrected chi connectivity index (χ3v) is 6.58. The molecule has 1 aliphatic carbocycles. The van der Waals surface area contributed by atoms with Gasteiger partial charge in [-0.1, -0.05) is 18.2 Å². The zero-order valence-electron chi connectivity index (χ0n) is 21.6. The van der Waals surface area contributed by atoms with Gasteiger partial charge in [-0.25, -0.2) is 9.78 Å². The van der Waals surface area contributed by atoms with Gasteiger partial charge in [0.1, 0.15) is 5.82 Å². The van der Waals surface area contributed by atoms with Gasteiger partial charge in [-0.2, -0.15) is 0 Å². The number of pyridine rings is 1. The highest BCUT2D eigenvalue weighted by molar-refractivity contribution is 5.88. The highest BCUT2D eigenvalue weighted by atomic mass is 16.4. The lowest BCUT2D eigenvalue weighted by Crippen LogP contribution is -2.42. The fourth-order valence-electron chi connectivity index (χ4n) is 4.73. The van der Waals surface area contributed by atoms with Gasteiger partial charge in [0.05, 0.1) is 42.2 Å². The lowest BCUT2D eigenvalue weighted by atomic mass is 9.90. The van der Waals surface area contributed by atoms with Crippen molar-refractivity contribution in [3.63, 3.8) is 0 Å². The molecular weight excluding hydrogens is 506 g/mol. The third-order valence-electron chi connectivity index (χ3n) is 6.58. The Bertz CT molecular complexity index is 1230. The summed E-state index contributed by atoms with van der Waals surface area (Å²) in [5.74, 6) is -3.99. The number of aryl methyl sites for hydroxylation is 1. The number of imidazole rings is 1. The van der Waals surface area contributed by atoms with E-state index in [0.29, 0.717) is 6.04 Å². The zero-order valence-corrected chi connectivity index (χ0v) is 21.6. The Hall–Kier alpha value is -3.87. The van der Waals surface area contributed by atoms with Crippen LogP contribution < -0.4 is 5.73 Å². The van der Waals surface area contributed by atoms with Gasteiger partial charge in [-0.3, -0.25) is 19.5 Å². The molecule has 1 aromatic carbocycles. The minimum Gasteiger partial charge on any atom is -0.481 e. The standard InChI is InChI=1S/C21H27N5.C6H8O7/c22-12-3-4-14-26(15-20-24-17-9-1-2-10-18(17)25-20)19-11-5-7-16-8-6-13-23-21(16)19;7-3(8)1-6(13,5(11)12)2-4(9)10/h1-2,6,8-10,13,19H,3-5,7,11-12,14-15,22H2,(H,24,25);13H,1-2H2,(H,7,8)(H,9,10)(H,11,12). The summed E-state index contributed by atoms with van der Waals surface area (Å²) in [5.41, 5.74) is 7.78. The Morgan fingerprint density at radius 1 is 1.05 bits per heavy atom. The topological polar surface area (TPSA) is 203 Å². The average molecular weight is 542 g/mol. The Kier molecular flexibility index (Phi) is 10.5. The first-order valence-corrected chi connectivity index (χ1v) is 12.8. The monoisotopic (exact) mass is 541 g/mol. The zero-order chi connectivity index (χ0) is 28.4. The molecule has 7 N–H and O–H groups in total. The molecule has 12 heteroatoms. The number of aromatic amines is 1. The van der Waals surface area contributed by atoms with E-state index in [9.17, 15) is 14.4 Å². The molecule has 2 heterocycles. The minimum absolute atomic E-state index is 0.367. The summed E-state index contributed by atoms with van der Waals surface area (Å²) in [6, 6.07) is 12.9. The van der Waals surface area contributed by atoms with Gasteiger partial charge in [0.15, 0.2) is 5.60 Å². The van der Waals surface area contributed by atoms with Crippen molar-refractivity contribution in [3.8, 4) is 0 Å².